The Balaban J connectivity index is 5.32. The predicted octanol–water partition coefficient (Wildman–Crippen LogP) is 3.79. The molecule has 9 nitrogen and oxygen atoms in total. The third kappa shape index (κ3) is 10.6. The van der Waals surface area contributed by atoms with Crippen LogP contribution in [0.5, 0.6) is 0 Å². The second-order valence-electron chi connectivity index (χ2n) is 6.37. The van der Waals surface area contributed by atoms with E-state index in [4.69, 9.17) is 24.7 Å². The second-order valence-corrected chi connectivity index (χ2v) is 9.93. The highest BCUT2D eigenvalue weighted by Gasteiger charge is 2.28. The van der Waals surface area contributed by atoms with E-state index < -0.39 is 22.2 Å². The van der Waals surface area contributed by atoms with E-state index in [1.165, 1.54) is 33.0 Å². The second kappa shape index (κ2) is 14.2. The Morgan fingerprint density at radius 2 is 1.79 bits per heavy atom. The van der Waals surface area contributed by atoms with E-state index in [1.807, 2.05) is 27.7 Å². The molecule has 2 atom stereocenters. The zero-order valence-electron chi connectivity index (χ0n) is 17.7. The van der Waals surface area contributed by atoms with Crippen molar-refractivity contribution in [3.63, 3.8) is 0 Å². The zero-order chi connectivity index (χ0) is 21.7. The van der Waals surface area contributed by atoms with Gasteiger partial charge in [-0.1, -0.05) is 6.08 Å². The molecule has 0 fully saturated rings. The number of nitrogens with one attached hydrogen (secondary N) is 1. The molecule has 1 N–H and O–H groups in total. The summed E-state index contributed by atoms with van der Waals surface area (Å²) in [7, 11) is -2.23. The van der Waals surface area contributed by atoms with Crippen molar-refractivity contribution in [3.05, 3.63) is 23.3 Å². The summed E-state index contributed by atoms with van der Waals surface area (Å²) < 4.78 is 35.8. The molecule has 0 aliphatic carbocycles. The van der Waals surface area contributed by atoms with E-state index in [2.05, 4.69) is 14.8 Å². The minimum Gasteiger partial charge on any atom is -0.348 e. The fraction of sp³-hybridized carbons (Fsp3) is 0.765. The van der Waals surface area contributed by atoms with Crippen LogP contribution in [-0.4, -0.2) is 62.7 Å². The molecule has 0 radical (unpaired) electrons. The Bertz CT molecular complexity index is 564. The van der Waals surface area contributed by atoms with Gasteiger partial charge < -0.3 is 28.3 Å². The molecule has 162 valence electrons. The first-order valence-electron chi connectivity index (χ1n) is 8.95. The van der Waals surface area contributed by atoms with Gasteiger partial charge in [0, 0.05) is 39.0 Å². The number of nitrogens with zero attached hydrogens (tertiary/aromatic N) is 2. The van der Waals surface area contributed by atoms with E-state index in [0.717, 1.165) is 0 Å². The Labute approximate surface area is 170 Å². The maximum Gasteiger partial charge on any atom is 0.353 e. The molecule has 0 saturated carbocycles. The first-order chi connectivity index (χ1) is 13.1. The fourth-order valence-corrected chi connectivity index (χ4v) is 4.70. The Hall–Kier alpha value is -0.840. The van der Waals surface area contributed by atoms with Gasteiger partial charge in [-0.25, -0.2) is 11.2 Å². The minimum absolute atomic E-state index is 0.100. The normalized spacial score (nSPS) is 14.6. The molecule has 0 heterocycles. The Morgan fingerprint density at radius 3 is 2.21 bits per heavy atom. The van der Waals surface area contributed by atoms with Gasteiger partial charge in [-0.05, 0) is 27.7 Å². The van der Waals surface area contributed by atoms with Crippen LogP contribution in [0.3, 0.4) is 0 Å². The molecule has 28 heavy (non-hydrogen) atoms. The zero-order valence-corrected chi connectivity index (χ0v) is 19.5. The van der Waals surface area contributed by atoms with Crippen LogP contribution in [0.1, 0.15) is 34.6 Å². The van der Waals surface area contributed by atoms with Crippen molar-refractivity contribution in [1.82, 2.24) is 9.99 Å². The molecule has 0 aromatic heterocycles. The number of amides is 1. The van der Waals surface area contributed by atoms with Gasteiger partial charge in [0.15, 0.2) is 0 Å². The van der Waals surface area contributed by atoms with Crippen LogP contribution in [-0.2, 0) is 27.5 Å². The molecule has 0 spiro atoms. The molecule has 0 bridgehead atoms. The molecule has 2 unspecified atom stereocenters. The van der Waals surface area contributed by atoms with Crippen LogP contribution in [0.2, 0.25) is 0 Å². The lowest BCUT2D eigenvalue weighted by Crippen LogP contribution is -2.37. The highest BCUT2D eigenvalue weighted by atomic mass is 31.2. The molecule has 1 amide bonds. The van der Waals surface area contributed by atoms with E-state index >= 15 is 0 Å². The number of hydrogen-bond acceptors (Lipinski definition) is 7. The fourth-order valence-electron chi connectivity index (χ4n) is 2.26. The quantitative estimate of drug-likeness (QED) is 0.251. The molecule has 0 aliphatic heterocycles. The topological polar surface area (TPSA) is 90.7 Å². The van der Waals surface area contributed by atoms with Crippen molar-refractivity contribution in [2.24, 2.45) is 0 Å². The minimum atomic E-state index is -3.35. The maximum atomic E-state index is 12.2. The van der Waals surface area contributed by atoms with Crippen LogP contribution in [0.25, 0.3) is 4.85 Å². The van der Waals surface area contributed by atoms with Crippen molar-refractivity contribution in [2.75, 3.05) is 34.0 Å². The van der Waals surface area contributed by atoms with Gasteiger partial charge in [0.2, 0.25) is 12.5 Å². The average molecular weight is 437 g/mol. The standard InChI is InChI=1S/C17H33N3O6P2/c1-14(2)20(15(3)4)27(25-11-10-18-6)26-13-17(19-16(5)21)9-12-28(22,23-7)24-8/h9,12,14-15,17H,10-11,13H2,1-5,7-8H3,(H,19,21)/b12-9+. The van der Waals surface area contributed by atoms with Crippen LogP contribution in [0.15, 0.2) is 11.9 Å². The first-order valence-corrected chi connectivity index (χ1v) is 11.7. The van der Waals surface area contributed by atoms with Gasteiger partial charge in [-0.2, -0.15) is 0 Å². The number of carbonyl (C=O) groups is 1. The lowest BCUT2D eigenvalue weighted by Gasteiger charge is -2.35. The van der Waals surface area contributed by atoms with Gasteiger partial charge >= 0.3 is 7.60 Å². The number of hydrogen-bond donors (Lipinski definition) is 1. The van der Waals surface area contributed by atoms with Crippen molar-refractivity contribution in [3.8, 4) is 0 Å². The summed E-state index contributed by atoms with van der Waals surface area (Å²) in [4.78, 5) is 14.8. The van der Waals surface area contributed by atoms with Crippen LogP contribution in [0, 0.1) is 6.57 Å². The summed E-state index contributed by atoms with van der Waals surface area (Å²) in [6, 6.07) is -0.223. The van der Waals surface area contributed by atoms with Crippen LogP contribution in [0.4, 0.5) is 0 Å². The summed E-state index contributed by atoms with van der Waals surface area (Å²) in [6.07, 6.45) is 1.52. The van der Waals surface area contributed by atoms with Crippen molar-refractivity contribution >= 4 is 22.0 Å². The van der Waals surface area contributed by atoms with Crippen molar-refractivity contribution in [1.29, 1.82) is 0 Å². The third-order valence-electron chi connectivity index (χ3n) is 3.41. The lowest BCUT2D eigenvalue weighted by molar-refractivity contribution is -0.119. The number of rotatable bonds is 14. The van der Waals surface area contributed by atoms with E-state index in [1.54, 1.807) is 0 Å². The van der Waals surface area contributed by atoms with Crippen LogP contribution < -0.4 is 5.32 Å². The molecule has 0 aliphatic rings. The van der Waals surface area contributed by atoms with Gasteiger partial charge in [-0.3, -0.25) is 9.36 Å². The first kappa shape index (κ1) is 27.2. The molecular formula is C17H33N3O6P2. The van der Waals surface area contributed by atoms with E-state index in [0.29, 0.717) is 0 Å². The number of carbonyl (C=O) groups excluding carboxylic acids is 1. The van der Waals surface area contributed by atoms with Crippen molar-refractivity contribution in [2.45, 2.75) is 52.7 Å². The Kier molecular flexibility index (Phi) is 13.8. The average Bonchev–Trinajstić information content (AvgIpc) is 2.62. The SMILES string of the molecule is [C-]#[N+]CCOP(OCC(/C=C/P(=O)(OC)OC)NC(C)=O)N(C(C)C)C(C)C. The monoisotopic (exact) mass is 437 g/mol. The van der Waals surface area contributed by atoms with Crippen LogP contribution >= 0.6 is 16.1 Å². The summed E-state index contributed by atoms with van der Waals surface area (Å²) in [6.45, 7) is 17.0. The van der Waals surface area contributed by atoms with E-state index in [-0.39, 0.29) is 37.7 Å². The smallest absolute Gasteiger partial charge is 0.348 e. The predicted molar refractivity (Wildman–Crippen MR) is 111 cm³/mol. The summed E-state index contributed by atoms with van der Waals surface area (Å²) in [5.41, 5.74) is 0. The van der Waals surface area contributed by atoms with Gasteiger partial charge in [0.25, 0.3) is 8.53 Å². The van der Waals surface area contributed by atoms with Gasteiger partial charge in [0.1, 0.15) is 6.61 Å². The molecule has 0 rings (SSSR count). The maximum absolute atomic E-state index is 12.2. The summed E-state index contributed by atoms with van der Waals surface area (Å²) in [5.74, 6) is 1.03. The lowest BCUT2D eigenvalue weighted by atomic mass is 10.3. The third-order valence-corrected chi connectivity index (χ3v) is 7.04. The van der Waals surface area contributed by atoms with E-state index in [9.17, 15) is 9.36 Å². The summed E-state index contributed by atoms with van der Waals surface area (Å²) in [5, 5.41) is 2.73. The highest BCUT2D eigenvalue weighted by Crippen LogP contribution is 2.48. The molecule has 0 aromatic rings. The molecular weight excluding hydrogens is 404 g/mol. The van der Waals surface area contributed by atoms with Gasteiger partial charge in [-0.15, -0.1) is 0 Å². The van der Waals surface area contributed by atoms with Gasteiger partial charge in [0.05, 0.1) is 12.6 Å². The molecule has 0 aromatic carbocycles. The Morgan fingerprint density at radius 1 is 1.21 bits per heavy atom. The largest absolute Gasteiger partial charge is 0.353 e. The van der Waals surface area contributed by atoms with Crippen molar-refractivity contribution < 1.29 is 27.5 Å². The summed E-state index contributed by atoms with van der Waals surface area (Å²) >= 11 is 0. The highest BCUT2D eigenvalue weighted by molar-refractivity contribution is 7.57. The molecule has 0 saturated heterocycles. The molecule has 11 heteroatoms.